The predicted molar refractivity (Wildman–Crippen MR) is 72.0 cm³/mol. The van der Waals surface area contributed by atoms with E-state index in [1.165, 1.54) is 0 Å². The van der Waals surface area contributed by atoms with Crippen LogP contribution in [0, 0.1) is 0 Å². The van der Waals surface area contributed by atoms with Crippen LogP contribution in [0.1, 0.15) is 5.82 Å². The summed E-state index contributed by atoms with van der Waals surface area (Å²) >= 11 is 5.84. The van der Waals surface area contributed by atoms with Gasteiger partial charge in [0.05, 0.1) is 5.52 Å². The summed E-state index contributed by atoms with van der Waals surface area (Å²) in [5.41, 5.74) is 0.128. The predicted octanol–water partition coefficient (Wildman–Crippen LogP) is 4.79. The van der Waals surface area contributed by atoms with Crippen molar-refractivity contribution < 1.29 is 17.6 Å². The number of hydrogen-bond donors (Lipinski definition) is 0. The number of alkyl halides is 4. The first kappa shape index (κ1) is 14.0. The summed E-state index contributed by atoms with van der Waals surface area (Å²) in [4.78, 5) is 6.96. The monoisotopic (exact) mass is 314 g/mol. The Morgan fingerprint density at radius 2 is 1.67 bits per heavy atom. The Hall–Kier alpha value is -1.95. The molecule has 0 spiro atoms. The highest BCUT2D eigenvalue weighted by Crippen LogP contribution is 2.35. The average Bonchev–Trinajstić information content (AvgIpc) is 2.46. The van der Waals surface area contributed by atoms with E-state index in [0.29, 0.717) is 10.8 Å². The maximum Gasteiger partial charge on any atom is 0.365 e. The minimum Gasteiger partial charge on any atom is -0.226 e. The highest BCUT2D eigenvalue weighted by molar-refractivity contribution is 6.34. The first-order valence-corrected chi connectivity index (χ1v) is 6.30. The van der Waals surface area contributed by atoms with E-state index in [2.05, 4.69) is 9.97 Å². The lowest BCUT2D eigenvalue weighted by molar-refractivity contribution is -0.140. The number of rotatable bonds is 2. The molecular formula is C14H7ClF4N2. The van der Waals surface area contributed by atoms with Crippen LogP contribution in [0.2, 0.25) is 5.15 Å². The van der Waals surface area contributed by atoms with Crippen molar-refractivity contribution in [2.45, 2.75) is 12.3 Å². The summed E-state index contributed by atoms with van der Waals surface area (Å²) in [5.74, 6) is -5.72. The molecule has 0 saturated carbocycles. The van der Waals surface area contributed by atoms with Crippen LogP contribution in [0.25, 0.3) is 21.7 Å². The van der Waals surface area contributed by atoms with E-state index in [1.54, 1.807) is 36.4 Å². The van der Waals surface area contributed by atoms with E-state index in [4.69, 9.17) is 11.6 Å². The third-order valence-corrected chi connectivity index (χ3v) is 3.40. The fourth-order valence-electron chi connectivity index (χ4n) is 2.07. The fourth-order valence-corrected chi connectivity index (χ4v) is 2.31. The molecule has 0 aliphatic rings. The maximum absolute atomic E-state index is 13.5. The van der Waals surface area contributed by atoms with Gasteiger partial charge in [-0.1, -0.05) is 41.9 Å². The summed E-state index contributed by atoms with van der Waals surface area (Å²) < 4.78 is 51.8. The fraction of sp³-hybridized carbons (Fsp3) is 0.143. The molecule has 3 aromatic rings. The Morgan fingerprint density at radius 1 is 0.952 bits per heavy atom. The molecule has 3 rings (SSSR count). The zero-order valence-electron chi connectivity index (χ0n) is 10.3. The Morgan fingerprint density at radius 3 is 2.38 bits per heavy atom. The van der Waals surface area contributed by atoms with Crippen molar-refractivity contribution in [1.82, 2.24) is 9.97 Å². The maximum atomic E-state index is 13.5. The highest BCUT2D eigenvalue weighted by atomic mass is 35.5. The normalized spacial score (nSPS) is 12.5. The van der Waals surface area contributed by atoms with Crippen molar-refractivity contribution in [2.24, 2.45) is 0 Å². The number of hydrogen-bond acceptors (Lipinski definition) is 2. The molecule has 0 unspecified atom stereocenters. The van der Waals surface area contributed by atoms with Gasteiger partial charge in [-0.15, -0.1) is 0 Å². The number of fused-ring (bicyclic) bond motifs is 3. The molecule has 2 aromatic carbocycles. The van der Waals surface area contributed by atoms with Gasteiger partial charge >= 0.3 is 12.3 Å². The summed E-state index contributed by atoms with van der Waals surface area (Å²) in [6, 6.07) is 10.2. The smallest absolute Gasteiger partial charge is 0.226 e. The Bertz CT molecular complexity index is 836. The Labute approximate surface area is 121 Å². The van der Waals surface area contributed by atoms with Gasteiger partial charge in [0.25, 0.3) is 0 Å². The first-order chi connectivity index (χ1) is 9.91. The van der Waals surface area contributed by atoms with Crippen molar-refractivity contribution in [3.8, 4) is 0 Å². The zero-order chi connectivity index (χ0) is 15.2. The Balaban J connectivity index is 2.39. The zero-order valence-corrected chi connectivity index (χ0v) is 11.1. The molecule has 2 nitrogen and oxygen atoms in total. The summed E-state index contributed by atoms with van der Waals surface area (Å²) in [6.45, 7) is 0. The molecule has 0 radical (unpaired) electrons. The minimum atomic E-state index is -4.45. The van der Waals surface area contributed by atoms with Gasteiger partial charge in [0, 0.05) is 10.8 Å². The van der Waals surface area contributed by atoms with Crippen LogP contribution in [-0.4, -0.2) is 16.4 Å². The van der Waals surface area contributed by atoms with Gasteiger partial charge in [-0.2, -0.15) is 8.78 Å². The standard InChI is InChI=1S/C14H7ClF4N2/c15-11-9-6-5-7-3-1-2-4-8(7)10(9)20-13(21-11)14(18,19)12(16)17/h1-6,12H. The summed E-state index contributed by atoms with van der Waals surface area (Å²) in [5, 5.41) is 1.35. The lowest BCUT2D eigenvalue weighted by Crippen LogP contribution is -2.26. The lowest BCUT2D eigenvalue weighted by atomic mass is 10.1. The molecule has 0 fully saturated rings. The van der Waals surface area contributed by atoms with Crippen LogP contribution in [0.5, 0.6) is 0 Å². The van der Waals surface area contributed by atoms with Crippen LogP contribution >= 0.6 is 11.6 Å². The molecule has 0 amide bonds. The molecule has 0 saturated heterocycles. The second-order valence-electron chi connectivity index (χ2n) is 4.44. The van der Waals surface area contributed by atoms with Crippen LogP contribution < -0.4 is 0 Å². The van der Waals surface area contributed by atoms with Gasteiger partial charge < -0.3 is 0 Å². The third-order valence-electron chi connectivity index (χ3n) is 3.12. The third kappa shape index (κ3) is 2.19. The number of aromatic nitrogens is 2. The van der Waals surface area contributed by atoms with Crippen molar-refractivity contribution in [2.75, 3.05) is 0 Å². The van der Waals surface area contributed by atoms with Gasteiger partial charge in [-0.3, -0.25) is 0 Å². The minimum absolute atomic E-state index is 0.128. The van der Waals surface area contributed by atoms with Crippen LogP contribution in [-0.2, 0) is 5.92 Å². The van der Waals surface area contributed by atoms with E-state index in [9.17, 15) is 17.6 Å². The average molecular weight is 315 g/mol. The molecule has 7 heteroatoms. The van der Waals surface area contributed by atoms with Crippen molar-refractivity contribution in [3.63, 3.8) is 0 Å². The van der Waals surface area contributed by atoms with E-state index in [1.807, 2.05) is 0 Å². The summed E-state index contributed by atoms with van der Waals surface area (Å²) in [7, 11) is 0. The molecule has 0 aliphatic carbocycles. The topological polar surface area (TPSA) is 25.8 Å². The largest absolute Gasteiger partial charge is 0.365 e. The molecule has 0 aliphatic heterocycles. The van der Waals surface area contributed by atoms with E-state index < -0.39 is 18.2 Å². The molecule has 21 heavy (non-hydrogen) atoms. The van der Waals surface area contributed by atoms with Gasteiger partial charge in [0.2, 0.25) is 5.82 Å². The highest BCUT2D eigenvalue weighted by Gasteiger charge is 2.46. The second-order valence-corrected chi connectivity index (χ2v) is 4.80. The first-order valence-electron chi connectivity index (χ1n) is 5.92. The van der Waals surface area contributed by atoms with E-state index in [0.717, 1.165) is 5.39 Å². The van der Waals surface area contributed by atoms with Gasteiger partial charge in [-0.05, 0) is 11.5 Å². The van der Waals surface area contributed by atoms with E-state index >= 15 is 0 Å². The molecular weight excluding hydrogens is 308 g/mol. The van der Waals surface area contributed by atoms with Crippen molar-refractivity contribution in [3.05, 3.63) is 47.4 Å². The lowest BCUT2D eigenvalue weighted by Gasteiger charge is -2.15. The number of benzene rings is 2. The molecule has 0 bridgehead atoms. The van der Waals surface area contributed by atoms with Crippen molar-refractivity contribution >= 4 is 33.3 Å². The number of nitrogens with zero attached hydrogens (tertiary/aromatic N) is 2. The van der Waals surface area contributed by atoms with Crippen molar-refractivity contribution in [1.29, 1.82) is 0 Å². The number of halogens is 5. The van der Waals surface area contributed by atoms with Gasteiger partial charge in [0.1, 0.15) is 5.15 Å². The molecule has 108 valence electrons. The van der Waals surface area contributed by atoms with Crippen LogP contribution in [0.15, 0.2) is 36.4 Å². The van der Waals surface area contributed by atoms with Gasteiger partial charge in [-0.25, -0.2) is 18.7 Å². The quantitative estimate of drug-likeness (QED) is 0.386. The Kier molecular flexibility index (Phi) is 3.20. The SMILES string of the molecule is FC(F)C(F)(F)c1nc(Cl)c2ccc3ccccc3c2n1. The summed E-state index contributed by atoms with van der Waals surface area (Å²) in [6.07, 6.45) is -3.90. The molecule has 1 heterocycles. The molecule has 1 aromatic heterocycles. The van der Waals surface area contributed by atoms with E-state index in [-0.39, 0.29) is 10.7 Å². The van der Waals surface area contributed by atoms with Crippen LogP contribution in [0.4, 0.5) is 17.6 Å². The second kappa shape index (κ2) is 4.80. The molecule has 0 atom stereocenters. The van der Waals surface area contributed by atoms with Crippen LogP contribution in [0.3, 0.4) is 0 Å². The van der Waals surface area contributed by atoms with Gasteiger partial charge in [0.15, 0.2) is 0 Å². The molecule has 0 N–H and O–H groups in total.